The van der Waals surface area contributed by atoms with Gasteiger partial charge in [0, 0.05) is 17.5 Å². The number of methoxy groups -OCH3 is 1. The van der Waals surface area contributed by atoms with Crippen molar-refractivity contribution in [2.24, 2.45) is 0 Å². The van der Waals surface area contributed by atoms with E-state index in [1.165, 1.54) is 0 Å². The molecule has 0 aliphatic rings. The van der Waals surface area contributed by atoms with Crippen molar-refractivity contribution in [1.29, 1.82) is 0 Å². The van der Waals surface area contributed by atoms with Crippen molar-refractivity contribution < 1.29 is 9.53 Å². The number of H-pyrrole nitrogens is 1. The molecule has 0 fully saturated rings. The first-order valence-electron chi connectivity index (χ1n) is 5.34. The number of aromatic nitrogens is 1. The van der Waals surface area contributed by atoms with Gasteiger partial charge >= 0.3 is 0 Å². The molecule has 1 heterocycles. The molecular weight excluding hydrogens is 216 g/mol. The van der Waals surface area contributed by atoms with Gasteiger partial charge in [0.1, 0.15) is 5.75 Å². The Labute approximate surface area is 99.6 Å². The Morgan fingerprint density at radius 2 is 2.24 bits per heavy atom. The zero-order chi connectivity index (χ0) is 12.1. The van der Waals surface area contributed by atoms with E-state index in [1.54, 1.807) is 25.3 Å². The monoisotopic (exact) mass is 230 g/mol. The summed E-state index contributed by atoms with van der Waals surface area (Å²) in [6.07, 6.45) is 1.83. The van der Waals surface area contributed by atoms with Crippen LogP contribution in [0.5, 0.6) is 5.75 Å². The van der Waals surface area contributed by atoms with Gasteiger partial charge in [0.05, 0.1) is 13.7 Å². The smallest absolute Gasteiger partial charge is 0.251 e. The summed E-state index contributed by atoms with van der Waals surface area (Å²) in [7, 11) is 1.58. The Morgan fingerprint density at radius 1 is 1.35 bits per heavy atom. The molecule has 1 aromatic heterocycles. The van der Waals surface area contributed by atoms with Crippen molar-refractivity contribution in [3.63, 3.8) is 0 Å². The van der Waals surface area contributed by atoms with Gasteiger partial charge in [-0.15, -0.1) is 0 Å². The minimum atomic E-state index is -0.112. The van der Waals surface area contributed by atoms with Crippen molar-refractivity contribution >= 4 is 5.91 Å². The third kappa shape index (κ3) is 2.87. The first-order chi connectivity index (χ1) is 8.29. The molecule has 2 rings (SSSR count). The predicted octanol–water partition coefficient (Wildman–Crippen LogP) is 1.95. The largest absolute Gasteiger partial charge is 0.497 e. The minimum absolute atomic E-state index is 0.112. The molecule has 2 aromatic rings. The van der Waals surface area contributed by atoms with Crippen LogP contribution >= 0.6 is 0 Å². The summed E-state index contributed by atoms with van der Waals surface area (Å²) < 4.78 is 5.07. The molecule has 2 N–H and O–H groups in total. The number of benzene rings is 1. The van der Waals surface area contributed by atoms with Crippen molar-refractivity contribution in [1.82, 2.24) is 10.3 Å². The summed E-state index contributed by atoms with van der Waals surface area (Å²) in [5, 5.41) is 2.83. The van der Waals surface area contributed by atoms with Gasteiger partial charge in [0.25, 0.3) is 5.91 Å². The standard InChI is InChI=1S/C13H14N2O2/c1-17-12-6-2-4-10(8-12)13(16)15-9-11-5-3-7-14-11/h2-8,14H,9H2,1H3,(H,15,16). The molecular formula is C13H14N2O2. The molecule has 0 aliphatic heterocycles. The van der Waals surface area contributed by atoms with E-state index in [-0.39, 0.29) is 5.91 Å². The molecule has 1 aromatic carbocycles. The third-order valence-corrected chi connectivity index (χ3v) is 2.43. The quantitative estimate of drug-likeness (QED) is 0.843. The summed E-state index contributed by atoms with van der Waals surface area (Å²) in [6.45, 7) is 0.489. The Bertz CT molecular complexity index is 492. The maximum absolute atomic E-state index is 11.8. The molecule has 0 spiro atoms. The highest BCUT2D eigenvalue weighted by Crippen LogP contribution is 2.12. The zero-order valence-electron chi connectivity index (χ0n) is 9.57. The van der Waals surface area contributed by atoms with E-state index in [1.807, 2.05) is 24.4 Å². The van der Waals surface area contributed by atoms with Gasteiger partial charge in [0.2, 0.25) is 0 Å². The number of ether oxygens (including phenoxy) is 1. The van der Waals surface area contributed by atoms with E-state index < -0.39 is 0 Å². The average Bonchev–Trinajstić information content (AvgIpc) is 2.89. The van der Waals surface area contributed by atoms with Gasteiger partial charge < -0.3 is 15.0 Å². The highest BCUT2D eigenvalue weighted by atomic mass is 16.5. The molecule has 0 saturated carbocycles. The van der Waals surface area contributed by atoms with Crippen LogP contribution in [0, 0.1) is 0 Å². The van der Waals surface area contributed by atoms with Gasteiger partial charge in [0.15, 0.2) is 0 Å². The van der Waals surface area contributed by atoms with Crippen LogP contribution in [0.4, 0.5) is 0 Å². The number of hydrogen-bond acceptors (Lipinski definition) is 2. The van der Waals surface area contributed by atoms with E-state index >= 15 is 0 Å². The topological polar surface area (TPSA) is 54.1 Å². The van der Waals surface area contributed by atoms with E-state index in [4.69, 9.17) is 4.74 Å². The summed E-state index contributed by atoms with van der Waals surface area (Å²) in [4.78, 5) is 14.9. The van der Waals surface area contributed by atoms with Crippen LogP contribution in [0.3, 0.4) is 0 Å². The maximum Gasteiger partial charge on any atom is 0.251 e. The number of rotatable bonds is 4. The Hall–Kier alpha value is -2.23. The van der Waals surface area contributed by atoms with Crippen molar-refractivity contribution in [3.8, 4) is 5.75 Å². The van der Waals surface area contributed by atoms with Gasteiger partial charge in [-0.3, -0.25) is 4.79 Å². The van der Waals surface area contributed by atoms with Crippen LogP contribution in [0.15, 0.2) is 42.6 Å². The number of hydrogen-bond donors (Lipinski definition) is 2. The first kappa shape index (κ1) is 11.3. The van der Waals surface area contributed by atoms with Crippen LogP contribution in [-0.4, -0.2) is 18.0 Å². The zero-order valence-corrected chi connectivity index (χ0v) is 9.57. The lowest BCUT2D eigenvalue weighted by molar-refractivity contribution is 0.0950. The van der Waals surface area contributed by atoms with Crippen LogP contribution in [0.2, 0.25) is 0 Å². The highest BCUT2D eigenvalue weighted by molar-refractivity contribution is 5.94. The molecule has 0 bridgehead atoms. The van der Waals surface area contributed by atoms with Gasteiger partial charge in [-0.1, -0.05) is 6.07 Å². The third-order valence-electron chi connectivity index (χ3n) is 2.43. The van der Waals surface area contributed by atoms with Crippen molar-refractivity contribution in [2.45, 2.75) is 6.54 Å². The normalized spacial score (nSPS) is 9.94. The number of nitrogens with one attached hydrogen (secondary N) is 2. The summed E-state index contributed by atoms with van der Waals surface area (Å²) in [5.41, 5.74) is 1.57. The second kappa shape index (κ2) is 5.21. The van der Waals surface area contributed by atoms with Gasteiger partial charge in [-0.05, 0) is 30.3 Å². The summed E-state index contributed by atoms with van der Waals surface area (Å²) >= 11 is 0. The summed E-state index contributed by atoms with van der Waals surface area (Å²) in [6, 6.07) is 10.9. The second-order valence-electron chi connectivity index (χ2n) is 3.61. The molecule has 88 valence electrons. The van der Waals surface area contributed by atoms with Crippen molar-refractivity contribution in [2.75, 3.05) is 7.11 Å². The SMILES string of the molecule is COc1cccc(C(=O)NCc2ccc[nH]2)c1. The second-order valence-corrected chi connectivity index (χ2v) is 3.61. The Kier molecular flexibility index (Phi) is 3.45. The summed E-state index contributed by atoms with van der Waals surface area (Å²) in [5.74, 6) is 0.566. The fourth-order valence-corrected chi connectivity index (χ4v) is 1.52. The van der Waals surface area contributed by atoms with E-state index in [2.05, 4.69) is 10.3 Å². The van der Waals surface area contributed by atoms with Gasteiger partial charge in [-0.2, -0.15) is 0 Å². The maximum atomic E-state index is 11.8. The lowest BCUT2D eigenvalue weighted by Crippen LogP contribution is -2.22. The fourth-order valence-electron chi connectivity index (χ4n) is 1.52. The number of aromatic amines is 1. The minimum Gasteiger partial charge on any atom is -0.497 e. The fraction of sp³-hybridized carbons (Fsp3) is 0.154. The Balaban J connectivity index is 1.99. The number of carbonyl (C=O) groups excluding carboxylic acids is 1. The molecule has 4 heteroatoms. The van der Waals surface area contributed by atoms with Crippen LogP contribution in [-0.2, 0) is 6.54 Å². The molecule has 0 radical (unpaired) electrons. The number of carbonyl (C=O) groups is 1. The Morgan fingerprint density at radius 3 is 2.94 bits per heavy atom. The van der Waals surface area contributed by atoms with Crippen LogP contribution < -0.4 is 10.1 Å². The van der Waals surface area contributed by atoms with Crippen molar-refractivity contribution in [3.05, 3.63) is 53.9 Å². The van der Waals surface area contributed by atoms with E-state index in [0.29, 0.717) is 17.9 Å². The van der Waals surface area contributed by atoms with Crippen LogP contribution in [0.1, 0.15) is 16.1 Å². The lowest BCUT2D eigenvalue weighted by Gasteiger charge is -2.05. The van der Waals surface area contributed by atoms with E-state index in [9.17, 15) is 4.79 Å². The average molecular weight is 230 g/mol. The molecule has 0 atom stereocenters. The van der Waals surface area contributed by atoms with Crippen LogP contribution in [0.25, 0.3) is 0 Å². The molecule has 4 nitrogen and oxygen atoms in total. The molecule has 0 unspecified atom stereocenters. The molecule has 0 saturated heterocycles. The lowest BCUT2D eigenvalue weighted by atomic mass is 10.2. The molecule has 17 heavy (non-hydrogen) atoms. The first-order valence-corrected chi connectivity index (χ1v) is 5.34. The highest BCUT2D eigenvalue weighted by Gasteiger charge is 2.06. The van der Waals surface area contributed by atoms with E-state index in [0.717, 1.165) is 5.69 Å². The molecule has 1 amide bonds. The molecule has 0 aliphatic carbocycles. The van der Waals surface area contributed by atoms with Gasteiger partial charge in [-0.25, -0.2) is 0 Å². The number of amides is 1. The predicted molar refractivity (Wildman–Crippen MR) is 65.0 cm³/mol.